The minimum atomic E-state index is -0.433. The highest BCUT2D eigenvalue weighted by Gasteiger charge is 2.27. The Morgan fingerprint density at radius 1 is 1.69 bits per heavy atom. The van der Waals surface area contributed by atoms with Crippen LogP contribution in [0.5, 0.6) is 0 Å². The van der Waals surface area contributed by atoms with Gasteiger partial charge in [-0.05, 0) is 13.3 Å². The van der Waals surface area contributed by atoms with Crippen LogP contribution in [0.25, 0.3) is 0 Å². The maximum absolute atomic E-state index is 11.7. The van der Waals surface area contributed by atoms with Gasteiger partial charge >= 0.3 is 6.03 Å². The Balaban J connectivity index is 2.39. The molecule has 1 heterocycles. The highest BCUT2D eigenvalue weighted by Crippen LogP contribution is 2.05. The van der Waals surface area contributed by atoms with E-state index in [1.54, 1.807) is 18.9 Å². The second-order valence-corrected chi connectivity index (χ2v) is 3.74. The molecule has 16 heavy (non-hydrogen) atoms. The predicted molar refractivity (Wildman–Crippen MR) is 59.1 cm³/mol. The number of ether oxygens (including phenoxy) is 1. The fourth-order valence-electron chi connectivity index (χ4n) is 1.58. The SMILES string of the molecule is COCCNC(=O)C(C)N1CCCNC1=O. The molecule has 6 heteroatoms. The number of rotatable bonds is 5. The van der Waals surface area contributed by atoms with Crippen LogP contribution < -0.4 is 10.6 Å². The van der Waals surface area contributed by atoms with Crippen molar-refractivity contribution in [3.8, 4) is 0 Å². The molecule has 2 N–H and O–H groups in total. The third-order valence-corrected chi connectivity index (χ3v) is 2.57. The van der Waals surface area contributed by atoms with Crippen LogP contribution in [0.1, 0.15) is 13.3 Å². The molecule has 0 radical (unpaired) electrons. The van der Waals surface area contributed by atoms with E-state index in [2.05, 4.69) is 10.6 Å². The zero-order chi connectivity index (χ0) is 12.0. The fraction of sp³-hybridized carbons (Fsp3) is 0.800. The average molecular weight is 229 g/mol. The molecule has 1 fully saturated rings. The molecule has 0 spiro atoms. The molecule has 0 saturated carbocycles. The van der Waals surface area contributed by atoms with Crippen LogP contribution in [0.4, 0.5) is 4.79 Å². The summed E-state index contributed by atoms with van der Waals surface area (Å²) in [4.78, 5) is 24.7. The highest BCUT2D eigenvalue weighted by molar-refractivity contribution is 5.86. The van der Waals surface area contributed by atoms with Crippen LogP contribution in [0.3, 0.4) is 0 Å². The molecule has 1 atom stereocenters. The van der Waals surface area contributed by atoms with Crippen LogP contribution in [-0.4, -0.2) is 56.2 Å². The van der Waals surface area contributed by atoms with Gasteiger partial charge in [-0.15, -0.1) is 0 Å². The van der Waals surface area contributed by atoms with Crippen molar-refractivity contribution in [1.82, 2.24) is 15.5 Å². The van der Waals surface area contributed by atoms with Gasteiger partial charge in [-0.25, -0.2) is 4.79 Å². The summed E-state index contributed by atoms with van der Waals surface area (Å²) in [5.74, 6) is -0.144. The Bertz CT molecular complexity index is 258. The third-order valence-electron chi connectivity index (χ3n) is 2.57. The number of hydrogen-bond donors (Lipinski definition) is 2. The Labute approximate surface area is 95.3 Å². The third kappa shape index (κ3) is 3.37. The van der Waals surface area contributed by atoms with Gasteiger partial charge in [0.25, 0.3) is 0 Å². The van der Waals surface area contributed by atoms with Crippen molar-refractivity contribution >= 4 is 11.9 Å². The van der Waals surface area contributed by atoms with Crippen molar-refractivity contribution in [3.05, 3.63) is 0 Å². The minimum Gasteiger partial charge on any atom is -0.383 e. The summed E-state index contributed by atoms with van der Waals surface area (Å²) < 4.78 is 4.83. The zero-order valence-electron chi connectivity index (χ0n) is 9.78. The molecule has 0 aromatic heterocycles. The summed E-state index contributed by atoms with van der Waals surface area (Å²) in [6.07, 6.45) is 0.876. The second kappa shape index (κ2) is 6.32. The van der Waals surface area contributed by atoms with Crippen LogP contribution in [0.15, 0.2) is 0 Å². The van der Waals surface area contributed by atoms with E-state index in [9.17, 15) is 9.59 Å². The van der Waals surface area contributed by atoms with E-state index < -0.39 is 6.04 Å². The summed E-state index contributed by atoms with van der Waals surface area (Å²) in [6.45, 7) is 3.99. The lowest BCUT2D eigenvalue weighted by Crippen LogP contribution is -2.55. The van der Waals surface area contributed by atoms with Gasteiger partial charge in [-0.2, -0.15) is 0 Å². The van der Waals surface area contributed by atoms with E-state index in [-0.39, 0.29) is 11.9 Å². The molecule has 0 bridgehead atoms. The molecule has 1 rings (SSSR count). The maximum Gasteiger partial charge on any atom is 0.318 e. The summed E-state index contributed by atoms with van der Waals surface area (Å²) in [5.41, 5.74) is 0. The molecule has 1 saturated heterocycles. The Morgan fingerprint density at radius 2 is 2.44 bits per heavy atom. The molecule has 3 amide bonds. The predicted octanol–water partition coefficient (Wildman–Crippen LogP) is -0.447. The highest BCUT2D eigenvalue weighted by atomic mass is 16.5. The zero-order valence-corrected chi connectivity index (χ0v) is 9.78. The van der Waals surface area contributed by atoms with Crippen LogP contribution in [0, 0.1) is 0 Å². The standard InChI is InChI=1S/C10H19N3O3/c1-8(9(14)11-5-7-16-2)13-6-3-4-12-10(13)15/h8H,3-7H2,1-2H3,(H,11,14)(H,12,15). The van der Waals surface area contributed by atoms with E-state index >= 15 is 0 Å². The second-order valence-electron chi connectivity index (χ2n) is 3.74. The molecular weight excluding hydrogens is 210 g/mol. The molecule has 0 aromatic rings. The number of hydrogen-bond acceptors (Lipinski definition) is 3. The summed E-state index contributed by atoms with van der Waals surface area (Å²) >= 11 is 0. The van der Waals surface area contributed by atoms with Crippen molar-refractivity contribution in [1.29, 1.82) is 0 Å². The first-order valence-electron chi connectivity index (χ1n) is 5.48. The smallest absolute Gasteiger partial charge is 0.318 e. The van der Waals surface area contributed by atoms with E-state index in [0.29, 0.717) is 26.2 Å². The van der Waals surface area contributed by atoms with Gasteiger partial charge in [0.05, 0.1) is 6.61 Å². The molecular formula is C10H19N3O3. The monoisotopic (exact) mass is 229 g/mol. The number of carbonyl (C=O) groups is 2. The van der Waals surface area contributed by atoms with Gasteiger partial charge in [0.2, 0.25) is 5.91 Å². The minimum absolute atomic E-state index is 0.144. The quantitative estimate of drug-likeness (QED) is 0.627. The molecule has 1 unspecified atom stereocenters. The van der Waals surface area contributed by atoms with Crippen molar-refractivity contribution in [2.45, 2.75) is 19.4 Å². The van der Waals surface area contributed by atoms with Crippen LogP contribution in [0.2, 0.25) is 0 Å². The van der Waals surface area contributed by atoms with Crippen molar-refractivity contribution in [3.63, 3.8) is 0 Å². The summed E-state index contributed by atoms with van der Waals surface area (Å²) in [5, 5.41) is 5.43. The first kappa shape index (κ1) is 12.8. The van der Waals surface area contributed by atoms with Gasteiger partial charge in [0.1, 0.15) is 6.04 Å². The molecule has 0 aromatic carbocycles. The van der Waals surface area contributed by atoms with Crippen LogP contribution >= 0.6 is 0 Å². The Morgan fingerprint density at radius 3 is 3.06 bits per heavy atom. The normalized spacial score (nSPS) is 17.9. The van der Waals surface area contributed by atoms with Crippen molar-refractivity contribution in [2.24, 2.45) is 0 Å². The first-order chi connectivity index (χ1) is 7.66. The van der Waals surface area contributed by atoms with E-state index in [1.807, 2.05) is 0 Å². The Kier molecular flexibility index (Phi) is 5.04. The van der Waals surface area contributed by atoms with E-state index in [1.165, 1.54) is 0 Å². The fourth-order valence-corrected chi connectivity index (χ4v) is 1.58. The lowest BCUT2D eigenvalue weighted by Gasteiger charge is -2.31. The molecule has 1 aliphatic heterocycles. The Hall–Kier alpha value is -1.30. The number of carbonyl (C=O) groups excluding carboxylic acids is 2. The molecule has 1 aliphatic rings. The van der Waals surface area contributed by atoms with Crippen LogP contribution in [-0.2, 0) is 9.53 Å². The topological polar surface area (TPSA) is 70.7 Å². The maximum atomic E-state index is 11.7. The van der Waals surface area contributed by atoms with Crippen molar-refractivity contribution < 1.29 is 14.3 Å². The average Bonchev–Trinajstić information content (AvgIpc) is 2.29. The molecule has 6 nitrogen and oxygen atoms in total. The lowest BCUT2D eigenvalue weighted by atomic mass is 10.2. The lowest BCUT2D eigenvalue weighted by molar-refractivity contribution is -0.125. The summed E-state index contributed by atoms with van der Waals surface area (Å²) in [6, 6.07) is -0.599. The molecule has 0 aliphatic carbocycles. The van der Waals surface area contributed by atoms with Gasteiger partial charge < -0.3 is 20.3 Å². The molecule has 92 valence electrons. The number of nitrogens with one attached hydrogen (secondary N) is 2. The van der Waals surface area contributed by atoms with E-state index in [4.69, 9.17) is 4.74 Å². The number of nitrogens with zero attached hydrogens (tertiary/aromatic N) is 1. The van der Waals surface area contributed by atoms with Gasteiger partial charge in [0, 0.05) is 26.7 Å². The largest absolute Gasteiger partial charge is 0.383 e. The van der Waals surface area contributed by atoms with Gasteiger partial charge in [0.15, 0.2) is 0 Å². The number of urea groups is 1. The number of methoxy groups -OCH3 is 1. The van der Waals surface area contributed by atoms with Crippen molar-refractivity contribution in [2.75, 3.05) is 33.4 Å². The summed E-state index contributed by atoms with van der Waals surface area (Å²) in [7, 11) is 1.58. The van der Waals surface area contributed by atoms with E-state index in [0.717, 1.165) is 6.42 Å². The van der Waals surface area contributed by atoms with Gasteiger partial charge in [-0.3, -0.25) is 4.79 Å². The van der Waals surface area contributed by atoms with Gasteiger partial charge in [-0.1, -0.05) is 0 Å². The first-order valence-corrected chi connectivity index (χ1v) is 5.48. The number of amides is 3.